The highest BCUT2D eigenvalue weighted by atomic mass is 16.2. The van der Waals surface area contributed by atoms with Gasteiger partial charge in [0.15, 0.2) is 0 Å². The van der Waals surface area contributed by atoms with Crippen molar-refractivity contribution < 1.29 is 4.79 Å². The predicted molar refractivity (Wildman–Crippen MR) is 85.0 cm³/mol. The summed E-state index contributed by atoms with van der Waals surface area (Å²) in [5, 5.41) is 4.24. The van der Waals surface area contributed by atoms with Gasteiger partial charge in [0.05, 0.1) is 11.8 Å². The molecule has 0 aliphatic carbocycles. The SMILES string of the molecule is CC(C)n1cc(C(=O)N2CCN(c3ccccn3)CC2)cn1. The van der Waals surface area contributed by atoms with E-state index >= 15 is 0 Å². The molecule has 1 fully saturated rings. The summed E-state index contributed by atoms with van der Waals surface area (Å²) >= 11 is 0. The molecule has 2 aromatic heterocycles. The largest absolute Gasteiger partial charge is 0.353 e. The molecule has 2 aromatic rings. The van der Waals surface area contributed by atoms with Crippen LogP contribution in [0, 0.1) is 0 Å². The van der Waals surface area contributed by atoms with Crippen LogP contribution >= 0.6 is 0 Å². The lowest BCUT2D eigenvalue weighted by atomic mass is 10.2. The number of amides is 1. The van der Waals surface area contributed by atoms with E-state index in [9.17, 15) is 4.79 Å². The molecule has 0 aromatic carbocycles. The van der Waals surface area contributed by atoms with E-state index in [1.807, 2.05) is 47.8 Å². The Balaban J connectivity index is 1.62. The minimum absolute atomic E-state index is 0.0626. The van der Waals surface area contributed by atoms with Gasteiger partial charge in [0, 0.05) is 44.6 Å². The molecule has 6 nitrogen and oxygen atoms in total. The van der Waals surface area contributed by atoms with Gasteiger partial charge in [-0.3, -0.25) is 9.48 Å². The van der Waals surface area contributed by atoms with E-state index in [1.54, 1.807) is 12.4 Å². The Labute approximate surface area is 130 Å². The molecular weight excluding hydrogens is 278 g/mol. The Morgan fingerprint density at radius 3 is 2.55 bits per heavy atom. The Hall–Kier alpha value is -2.37. The van der Waals surface area contributed by atoms with Crippen molar-refractivity contribution in [2.75, 3.05) is 31.1 Å². The Kier molecular flexibility index (Phi) is 4.09. The zero-order chi connectivity index (χ0) is 15.5. The fraction of sp³-hybridized carbons (Fsp3) is 0.438. The highest BCUT2D eigenvalue weighted by molar-refractivity contribution is 5.93. The summed E-state index contributed by atoms with van der Waals surface area (Å²) in [6.45, 7) is 7.13. The van der Waals surface area contributed by atoms with E-state index in [4.69, 9.17) is 0 Å². The number of aromatic nitrogens is 3. The van der Waals surface area contributed by atoms with Gasteiger partial charge in [0.1, 0.15) is 5.82 Å². The minimum atomic E-state index is 0.0626. The minimum Gasteiger partial charge on any atom is -0.353 e. The summed E-state index contributed by atoms with van der Waals surface area (Å²) in [7, 11) is 0. The number of carbonyl (C=O) groups excluding carboxylic acids is 1. The number of rotatable bonds is 3. The lowest BCUT2D eigenvalue weighted by Gasteiger charge is -2.35. The molecule has 1 aliphatic heterocycles. The van der Waals surface area contributed by atoms with E-state index in [0.29, 0.717) is 18.7 Å². The Bertz CT molecular complexity index is 629. The second-order valence-corrected chi connectivity index (χ2v) is 5.77. The van der Waals surface area contributed by atoms with Crippen LogP contribution in [0.25, 0.3) is 0 Å². The van der Waals surface area contributed by atoms with Gasteiger partial charge >= 0.3 is 0 Å². The topological polar surface area (TPSA) is 54.3 Å². The van der Waals surface area contributed by atoms with Crippen molar-refractivity contribution >= 4 is 11.7 Å². The van der Waals surface area contributed by atoms with Gasteiger partial charge in [-0.05, 0) is 26.0 Å². The molecule has 1 saturated heterocycles. The molecule has 116 valence electrons. The van der Waals surface area contributed by atoms with Crippen LogP contribution in [0.5, 0.6) is 0 Å². The number of nitrogens with zero attached hydrogens (tertiary/aromatic N) is 5. The molecule has 0 spiro atoms. The van der Waals surface area contributed by atoms with Crippen LogP contribution in [-0.2, 0) is 0 Å². The van der Waals surface area contributed by atoms with Crippen LogP contribution in [0.3, 0.4) is 0 Å². The van der Waals surface area contributed by atoms with Crippen LogP contribution in [0.15, 0.2) is 36.8 Å². The van der Waals surface area contributed by atoms with Crippen molar-refractivity contribution in [1.29, 1.82) is 0 Å². The first-order valence-corrected chi connectivity index (χ1v) is 7.64. The third-order valence-corrected chi connectivity index (χ3v) is 3.92. The highest BCUT2D eigenvalue weighted by Crippen LogP contribution is 2.15. The molecule has 3 rings (SSSR count). The van der Waals surface area contributed by atoms with Gasteiger partial charge in [0.25, 0.3) is 5.91 Å². The summed E-state index contributed by atoms with van der Waals surface area (Å²) in [5.41, 5.74) is 0.667. The maximum Gasteiger partial charge on any atom is 0.257 e. The molecule has 0 saturated carbocycles. The number of hydrogen-bond donors (Lipinski definition) is 0. The Morgan fingerprint density at radius 1 is 1.18 bits per heavy atom. The van der Waals surface area contributed by atoms with Gasteiger partial charge in [-0.2, -0.15) is 5.10 Å². The summed E-state index contributed by atoms with van der Waals surface area (Å²) in [6, 6.07) is 6.17. The Morgan fingerprint density at radius 2 is 1.95 bits per heavy atom. The molecule has 6 heteroatoms. The van der Waals surface area contributed by atoms with E-state index in [0.717, 1.165) is 18.9 Å². The molecule has 22 heavy (non-hydrogen) atoms. The zero-order valence-corrected chi connectivity index (χ0v) is 13.0. The number of pyridine rings is 1. The van der Waals surface area contributed by atoms with Crippen molar-refractivity contribution in [3.8, 4) is 0 Å². The van der Waals surface area contributed by atoms with E-state index in [-0.39, 0.29) is 11.9 Å². The van der Waals surface area contributed by atoms with E-state index in [2.05, 4.69) is 15.0 Å². The van der Waals surface area contributed by atoms with Crippen molar-refractivity contribution in [2.24, 2.45) is 0 Å². The zero-order valence-electron chi connectivity index (χ0n) is 13.0. The average molecular weight is 299 g/mol. The molecule has 3 heterocycles. The summed E-state index contributed by atoms with van der Waals surface area (Å²) in [6.07, 6.45) is 5.29. The fourth-order valence-corrected chi connectivity index (χ4v) is 2.59. The second kappa shape index (κ2) is 6.17. The second-order valence-electron chi connectivity index (χ2n) is 5.77. The molecule has 1 aliphatic rings. The van der Waals surface area contributed by atoms with Crippen LogP contribution in [0.4, 0.5) is 5.82 Å². The normalized spacial score (nSPS) is 15.4. The predicted octanol–water partition coefficient (Wildman–Crippen LogP) is 1.82. The maximum absolute atomic E-state index is 12.5. The molecule has 1 amide bonds. The van der Waals surface area contributed by atoms with Crippen molar-refractivity contribution in [1.82, 2.24) is 19.7 Å². The third kappa shape index (κ3) is 2.95. The molecule has 0 unspecified atom stereocenters. The first-order chi connectivity index (χ1) is 10.6. The smallest absolute Gasteiger partial charge is 0.257 e. The number of anilines is 1. The quantitative estimate of drug-likeness (QED) is 0.867. The van der Waals surface area contributed by atoms with E-state index in [1.165, 1.54) is 0 Å². The van der Waals surface area contributed by atoms with Crippen molar-refractivity contribution in [2.45, 2.75) is 19.9 Å². The van der Waals surface area contributed by atoms with Crippen LogP contribution in [0.2, 0.25) is 0 Å². The molecular formula is C16H21N5O. The van der Waals surface area contributed by atoms with Crippen molar-refractivity contribution in [3.05, 3.63) is 42.4 Å². The van der Waals surface area contributed by atoms with Crippen LogP contribution in [0.1, 0.15) is 30.2 Å². The maximum atomic E-state index is 12.5. The lowest BCUT2D eigenvalue weighted by Crippen LogP contribution is -2.49. The molecule has 0 radical (unpaired) electrons. The first-order valence-electron chi connectivity index (χ1n) is 7.64. The van der Waals surface area contributed by atoms with Crippen LogP contribution < -0.4 is 4.90 Å². The standard InChI is InChI=1S/C16H21N5O/c1-13(2)21-12-14(11-18-21)16(22)20-9-7-19(8-10-20)15-5-3-4-6-17-15/h3-6,11-13H,7-10H2,1-2H3. The average Bonchev–Trinajstić information content (AvgIpc) is 3.05. The first kappa shape index (κ1) is 14.6. The summed E-state index contributed by atoms with van der Waals surface area (Å²) < 4.78 is 1.82. The monoisotopic (exact) mass is 299 g/mol. The fourth-order valence-electron chi connectivity index (χ4n) is 2.59. The number of hydrogen-bond acceptors (Lipinski definition) is 4. The van der Waals surface area contributed by atoms with E-state index < -0.39 is 0 Å². The highest BCUT2D eigenvalue weighted by Gasteiger charge is 2.23. The molecule has 0 bridgehead atoms. The van der Waals surface area contributed by atoms with Gasteiger partial charge in [-0.1, -0.05) is 6.07 Å². The summed E-state index contributed by atoms with van der Waals surface area (Å²) in [4.78, 5) is 21.0. The van der Waals surface area contributed by atoms with Crippen molar-refractivity contribution in [3.63, 3.8) is 0 Å². The van der Waals surface area contributed by atoms with Gasteiger partial charge < -0.3 is 9.80 Å². The molecule has 0 N–H and O–H groups in total. The third-order valence-electron chi connectivity index (χ3n) is 3.92. The molecule has 0 atom stereocenters. The number of piperazine rings is 1. The van der Waals surface area contributed by atoms with Gasteiger partial charge in [-0.15, -0.1) is 0 Å². The van der Waals surface area contributed by atoms with Gasteiger partial charge in [-0.25, -0.2) is 4.98 Å². The van der Waals surface area contributed by atoms with Gasteiger partial charge in [0.2, 0.25) is 0 Å². The van der Waals surface area contributed by atoms with Crippen LogP contribution in [-0.4, -0.2) is 51.8 Å². The lowest BCUT2D eigenvalue weighted by molar-refractivity contribution is 0.0746. The number of carbonyl (C=O) groups is 1. The summed E-state index contributed by atoms with van der Waals surface area (Å²) in [5.74, 6) is 1.04.